The molecule has 1 heterocycles. The van der Waals surface area contributed by atoms with Gasteiger partial charge in [0.05, 0.1) is 30.3 Å². The Morgan fingerprint density at radius 3 is 2.66 bits per heavy atom. The summed E-state index contributed by atoms with van der Waals surface area (Å²) in [6.45, 7) is 3.28. The van der Waals surface area contributed by atoms with Crippen molar-refractivity contribution in [3.8, 4) is 11.5 Å². The minimum absolute atomic E-state index is 0.171. The first-order chi connectivity index (χ1) is 17.0. The molecule has 35 heavy (non-hydrogen) atoms. The zero-order valence-electron chi connectivity index (χ0n) is 20.4. The van der Waals surface area contributed by atoms with Crippen molar-refractivity contribution in [2.24, 2.45) is 5.10 Å². The Balaban J connectivity index is 1.73. The summed E-state index contributed by atoms with van der Waals surface area (Å²) < 4.78 is 17.8. The zero-order chi connectivity index (χ0) is 24.8. The summed E-state index contributed by atoms with van der Waals surface area (Å²) in [6.07, 6.45) is 6.68. The Hall–Kier alpha value is -3.68. The number of benzene rings is 2. The number of fused-ring (bicyclic) bond motifs is 1. The number of hydrogen-bond donors (Lipinski definition) is 0. The molecule has 1 aromatic heterocycles. The Kier molecular flexibility index (Phi) is 7.80. The third-order valence-electron chi connectivity index (χ3n) is 5.99. The maximum absolute atomic E-state index is 13.4. The highest BCUT2D eigenvalue weighted by molar-refractivity contribution is 5.85. The van der Waals surface area contributed by atoms with Gasteiger partial charge in [-0.05, 0) is 51.0 Å². The number of rotatable bonds is 8. The molecule has 1 fully saturated rings. The van der Waals surface area contributed by atoms with E-state index in [9.17, 15) is 9.59 Å². The van der Waals surface area contributed by atoms with E-state index in [1.165, 1.54) is 18.2 Å². The van der Waals surface area contributed by atoms with Crippen LogP contribution in [0, 0.1) is 0 Å². The average Bonchev–Trinajstić information content (AvgIpc) is 2.87. The van der Waals surface area contributed by atoms with Crippen LogP contribution in [0.2, 0.25) is 0 Å². The largest absolute Gasteiger partial charge is 0.493 e. The lowest BCUT2D eigenvalue weighted by Gasteiger charge is -2.22. The fourth-order valence-corrected chi connectivity index (χ4v) is 4.38. The number of carbonyl (C=O) groups is 1. The molecule has 0 atom stereocenters. The van der Waals surface area contributed by atoms with E-state index in [1.807, 2.05) is 18.2 Å². The van der Waals surface area contributed by atoms with Crippen LogP contribution in [0.3, 0.4) is 0 Å². The van der Waals surface area contributed by atoms with E-state index in [4.69, 9.17) is 19.2 Å². The van der Waals surface area contributed by atoms with Gasteiger partial charge in [-0.15, -0.1) is 0 Å². The molecule has 8 heteroatoms. The standard InChI is InChI=1S/C27H31N3O5/c1-18(2)35-24(31)17-34-25-20(12-9-15-23(25)33-3)16-28-30-26(19-10-5-4-6-11-19)29-22-14-8-7-13-21(22)27(30)32/h7-9,12-16,18-19H,4-6,10-11,17H2,1-3H3. The number of nitrogens with zero attached hydrogens (tertiary/aromatic N) is 3. The van der Waals surface area contributed by atoms with Crippen molar-refractivity contribution in [2.45, 2.75) is 58.0 Å². The van der Waals surface area contributed by atoms with Gasteiger partial charge >= 0.3 is 5.97 Å². The molecular formula is C27H31N3O5. The van der Waals surface area contributed by atoms with Crippen LogP contribution in [-0.4, -0.2) is 41.7 Å². The van der Waals surface area contributed by atoms with Crippen molar-refractivity contribution in [3.05, 3.63) is 64.2 Å². The van der Waals surface area contributed by atoms with Gasteiger partial charge in [0.15, 0.2) is 18.1 Å². The molecule has 0 saturated heterocycles. The zero-order valence-corrected chi connectivity index (χ0v) is 20.4. The fourth-order valence-electron chi connectivity index (χ4n) is 4.38. The number of hydrogen-bond acceptors (Lipinski definition) is 7. The molecule has 0 aliphatic heterocycles. The van der Waals surface area contributed by atoms with Crippen LogP contribution < -0.4 is 15.0 Å². The second-order valence-electron chi connectivity index (χ2n) is 8.89. The van der Waals surface area contributed by atoms with Crippen molar-refractivity contribution >= 4 is 23.1 Å². The molecule has 4 rings (SSSR count). The minimum atomic E-state index is -0.483. The van der Waals surface area contributed by atoms with Gasteiger partial charge in [0.25, 0.3) is 5.56 Å². The van der Waals surface area contributed by atoms with Gasteiger partial charge in [-0.2, -0.15) is 9.78 Å². The van der Waals surface area contributed by atoms with Crippen molar-refractivity contribution < 1.29 is 19.0 Å². The Morgan fingerprint density at radius 1 is 1.14 bits per heavy atom. The number of esters is 1. The molecule has 0 unspecified atom stereocenters. The molecule has 0 spiro atoms. The number of para-hydroxylation sites is 2. The lowest BCUT2D eigenvalue weighted by atomic mass is 9.88. The normalized spacial score (nSPS) is 14.5. The molecule has 0 radical (unpaired) electrons. The van der Waals surface area contributed by atoms with Crippen LogP contribution in [0.1, 0.15) is 63.3 Å². The van der Waals surface area contributed by atoms with Gasteiger partial charge in [0, 0.05) is 11.5 Å². The third kappa shape index (κ3) is 5.70. The molecule has 1 saturated carbocycles. The lowest BCUT2D eigenvalue weighted by molar-refractivity contribution is -0.149. The van der Waals surface area contributed by atoms with Crippen molar-refractivity contribution in [1.29, 1.82) is 0 Å². The summed E-state index contributed by atoms with van der Waals surface area (Å²) >= 11 is 0. The SMILES string of the molecule is COc1cccc(C=Nn2c(C3CCCCC3)nc3ccccc3c2=O)c1OCC(=O)OC(C)C. The Bertz CT molecular complexity index is 1280. The molecule has 8 nitrogen and oxygen atoms in total. The maximum atomic E-state index is 13.4. The predicted octanol–water partition coefficient (Wildman–Crippen LogP) is 4.67. The molecule has 0 N–H and O–H groups in total. The van der Waals surface area contributed by atoms with E-state index in [-0.39, 0.29) is 24.2 Å². The van der Waals surface area contributed by atoms with E-state index in [0.717, 1.165) is 25.7 Å². The summed E-state index contributed by atoms with van der Waals surface area (Å²) in [5, 5.41) is 5.09. The van der Waals surface area contributed by atoms with Crippen molar-refractivity contribution in [3.63, 3.8) is 0 Å². The summed E-state index contributed by atoms with van der Waals surface area (Å²) in [7, 11) is 1.52. The molecule has 2 aromatic carbocycles. The van der Waals surface area contributed by atoms with E-state index in [2.05, 4.69) is 5.10 Å². The van der Waals surface area contributed by atoms with Crippen LogP contribution in [0.25, 0.3) is 10.9 Å². The quantitative estimate of drug-likeness (QED) is 0.346. The highest BCUT2D eigenvalue weighted by Crippen LogP contribution is 2.32. The molecule has 1 aliphatic carbocycles. The highest BCUT2D eigenvalue weighted by Gasteiger charge is 2.22. The molecule has 1 aliphatic rings. The fraction of sp³-hybridized carbons (Fsp3) is 0.407. The monoisotopic (exact) mass is 477 g/mol. The third-order valence-corrected chi connectivity index (χ3v) is 5.99. The van der Waals surface area contributed by atoms with Gasteiger partial charge in [0.2, 0.25) is 0 Å². The van der Waals surface area contributed by atoms with Crippen LogP contribution in [0.15, 0.2) is 52.4 Å². The van der Waals surface area contributed by atoms with Crippen LogP contribution >= 0.6 is 0 Å². The van der Waals surface area contributed by atoms with E-state index < -0.39 is 5.97 Å². The second-order valence-corrected chi connectivity index (χ2v) is 8.89. The van der Waals surface area contributed by atoms with E-state index in [1.54, 1.807) is 44.3 Å². The van der Waals surface area contributed by atoms with E-state index >= 15 is 0 Å². The first-order valence-corrected chi connectivity index (χ1v) is 12.0. The Morgan fingerprint density at radius 2 is 1.91 bits per heavy atom. The van der Waals surface area contributed by atoms with Crippen LogP contribution in [0.5, 0.6) is 11.5 Å². The van der Waals surface area contributed by atoms with Gasteiger partial charge < -0.3 is 14.2 Å². The summed E-state index contributed by atoms with van der Waals surface area (Å²) in [4.78, 5) is 30.3. The molecular weight excluding hydrogens is 446 g/mol. The number of methoxy groups -OCH3 is 1. The molecule has 3 aromatic rings. The van der Waals surface area contributed by atoms with Crippen LogP contribution in [-0.2, 0) is 9.53 Å². The van der Waals surface area contributed by atoms with E-state index in [0.29, 0.717) is 33.8 Å². The average molecular weight is 478 g/mol. The van der Waals surface area contributed by atoms with Gasteiger partial charge in [-0.25, -0.2) is 9.78 Å². The van der Waals surface area contributed by atoms with Crippen molar-refractivity contribution in [2.75, 3.05) is 13.7 Å². The van der Waals surface area contributed by atoms with Gasteiger partial charge in [-0.3, -0.25) is 4.79 Å². The maximum Gasteiger partial charge on any atom is 0.344 e. The number of carbonyl (C=O) groups excluding carboxylic acids is 1. The Labute approximate surface area is 204 Å². The molecule has 0 amide bonds. The molecule has 0 bridgehead atoms. The highest BCUT2D eigenvalue weighted by atomic mass is 16.6. The first kappa shape index (κ1) is 24.4. The summed E-state index contributed by atoms with van der Waals surface area (Å²) in [5.41, 5.74) is 1.04. The summed E-state index contributed by atoms with van der Waals surface area (Å²) in [5.74, 6) is 1.16. The van der Waals surface area contributed by atoms with Gasteiger partial charge in [0.1, 0.15) is 5.82 Å². The van der Waals surface area contributed by atoms with Crippen LogP contribution in [0.4, 0.5) is 0 Å². The topological polar surface area (TPSA) is 92.0 Å². The predicted molar refractivity (Wildman–Crippen MR) is 135 cm³/mol. The summed E-state index contributed by atoms with van der Waals surface area (Å²) in [6, 6.07) is 12.7. The van der Waals surface area contributed by atoms with Crippen molar-refractivity contribution in [1.82, 2.24) is 9.66 Å². The first-order valence-electron chi connectivity index (χ1n) is 12.0. The molecule has 184 valence electrons. The van der Waals surface area contributed by atoms with Gasteiger partial charge in [-0.1, -0.05) is 37.5 Å². The lowest BCUT2D eigenvalue weighted by Crippen LogP contribution is -2.25. The minimum Gasteiger partial charge on any atom is -0.493 e. The second kappa shape index (κ2) is 11.2. The smallest absolute Gasteiger partial charge is 0.344 e. The number of ether oxygens (including phenoxy) is 3. The number of aromatic nitrogens is 2.